The molecule has 32 heavy (non-hydrogen) atoms. The standard InChI is InChI=1S/C25H22N4O3/c1-2-18(17-26-27-19-13-15-22(30)16-14-19)23-24(31)28(20-9-5-3-6-10-20)29(25(23)32)21-11-7-4-8-12-21/h3-17,30-31H,2H2,1H3/b18-17+,27-26?. The first kappa shape index (κ1) is 20.9. The number of hydrogen-bond donors (Lipinski definition) is 2. The van der Waals surface area contributed by atoms with Crippen LogP contribution in [0.4, 0.5) is 5.69 Å². The predicted molar refractivity (Wildman–Crippen MR) is 124 cm³/mol. The number of nitrogens with zero attached hydrogens (tertiary/aromatic N) is 4. The Morgan fingerprint density at radius 1 is 0.844 bits per heavy atom. The fraction of sp³-hybridized carbons (Fsp3) is 0.0800. The van der Waals surface area contributed by atoms with E-state index in [9.17, 15) is 15.0 Å². The molecule has 0 saturated heterocycles. The van der Waals surface area contributed by atoms with Crippen molar-refractivity contribution in [3.63, 3.8) is 0 Å². The van der Waals surface area contributed by atoms with E-state index in [1.165, 1.54) is 27.7 Å². The molecule has 0 spiro atoms. The van der Waals surface area contributed by atoms with Crippen LogP contribution in [0.25, 0.3) is 16.9 Å². The van der Waals surface area contributed by atoms with Crippen LogP contribution < -0.4 is 5.56 Å². The molecule has 0 amide bonds. The molecule has 1 heterocycles. The minimum Gasteiger partial charge on any atom is -0.508 e. The van der Waals surface area contributed by atoms with Crippen LogP contribution in [0.3, 0.4) is 0 Å². The van der Waals surface area contributed by atoms with Gasteiger partial charge in [0.1, 0.15) is 11.3 Å². The monoisotopic (exact) mass is 426 g/mol. The van der Waals surface area contributed by atoms with Crippen LogP contribution in [0.2, 0.25) is 0 Å². The van der Waals surface area contributed by atoms with E-state index in [2.05, 4.69) is 10.2 Å². The van der Waals surface area contributed by atoms with Gasteiger partial charge in [-0.15, -0.1) is 0 Å². The summed E-state index contributed by atoms with van der Waals surface area (Å²) in [6.07, 6.45) is 1.94. The van der Waals surface area contributed by atoms with Crippen molar-refractivity contribution >= 4 is 11.3 Å². The van der Waals surface area contributed by atoms with Gasteiger partial charge in [0.25, 0.3) is 5.56 Å². The highest BCUT2D eigenvalue weighted by Gasteiger charge is 2.23. The van der Waals surface area contributed by atoms with Crippen molar-refractivity contribution in [1.29, 1.82) is 0 Å². The molecule has 2 N–H and O–H groups in total. The highest BCUT2D eigenvalue weighted by Crippen LogP contribution is 2.29. The topological polar surface area (TPSA) is 92.1 Å². The number of rotatable bonds is 6. The largest absolute Gasteiger partial charge is 0.508 e. The molecule has 0 aliphatic carbocycles. The van der Waals surface area contributed by atoms with Gasteiger partial charge in [0, 0.05) is 0 Å². The number of phenols is 1. The van der Waals surface area contributed by atoms with E-state index in [0.717, 1.165) is 0 Å². The summed E-state index contributed by atoms with van der Waals surface area (Å²) in [6, 6.07) is 24.7. The van der Waals surface area contributed by atoms with Crippen molar-refractivity contribution in [1.82, 2.24) is 9.36 Å². The van der Waals surface area contributed by atoms with Gasteiger partial charge in [-0.3, -0.25) is 4.79 Å². The molecule has 0 saturated carbocycles. The normalized spacial score (nSPS) is 11.8. The van der Waals surface area contributed by atoms with E-state index < -0.39 is 0 Å². The second-order valence-corrected chi connectivity index (χ2v) is 7.04. The van der Waals surface area contributed by atoms with Gasteiger partial charge in [0.15, 0.2) is 0 Å². The van der Waals surface area contributed by atoms with Gasteiger partial charge in [0.2, 0.25) is 5.88 Å². The fourth-order valence-corrected chi connectivity index (χ4v) is 3.40. The number of para-hydroxylation sites is 2. The number of aromatic hydroxyl groups is 2. The Kier molecular flexibility index (Phi) is 5.98. The molecule has 0 bridgehead atoms. The maximum absolute atomic E-state index is 13.5. The Morgan fingerprint density at radius 3 is 1.97 bits per heavy atom. The van der Waals surface area contributed by atoms with Crippen LogP contribution in [-0.4, -0.2) is 19.6 Å². The van der Waals surface area contributed by atoms with Crippen molar-refractivity contribution in [2.75, 3.05) is 0 Å². The van der Waals surface area contributed by atoms with Gasteiger partial charge < -0.3 is 10.2 Å². The number of aromatic nitrogens is 2. The van der Waals surface area contributed by atoms with Gasteiger partial charge in [-0.1, -0.05) is 43.3 Å². The first-order valence-corrected chi connectivity index (χ1v) is 10.2. The number of hydrogen-bond acceptors (Lipinski definition) is 5. The van der Waals surface area contributed by atoms with E-state index in [1.807, 2.05) is 67.6 Å². The average molecular weight is 426 g/mol. The summed E-state index contributed by atoms with van der Waals surface area (Å²) in [6.45, 7) is 1.88. The summed E-state index contributed by atoms with van der Waals surface area (Å²) in [4.78, 5) is 13.5. The third-order valence-electron chi connectivity index (χ3n) is 4.97. The molecular weight excluding hydrogens is 404 g/mol. The van der Waals surface area contributed by atoms with Gasteiger partial charge in [-0.2, -0.15) is 10.2 Å². The number of allylic oxidation sites excluding steroid dienone is 1. The highest BCUT2D eigenvalue weighted by molar-refractivity contribution is 5.69. The molecule has 0 radical (unpaired) electrons. The molecule has 7 nitrogen and oxygen atoms in total. The Labute approximate surface area is 184 Å². The maximum atomic E-state index is 13.5. The van der Waals surface area contributed by atoms with Crippen molar-refractivity contribution in [2.24, 2.45) is 10.2 Å². The lowest BCUT2D eigenvalue weighted by Gasteiger charge is -2.12. The smallest absolute Gasteiger partial charge is 0.283 e. The second-order valence-electron chi connectivity index (χ2n) is 7.04. The van der Waals surface area contributed by atoms with Crippen molar-refractivity contribution in [3.8, 4) is 23.0 Å². The van der Waals surface area contributed by atoms with E-state index in [-0.39, 0.29) is 22.8 Å². The van der Waals surface area contributed by atoms with Crippen LogP contribution >= 0.6 is 0 Å². The van der Waals surface area contributed by atoms with Crippen LogP contribution in [0.5, 0.6) is 11.6 Å². The molecule has 0 unspecified atom stereocenters. The molecule has 7 heteroatoms. The maximum Gasteiger partial charge on any atom is 0.283 e. The molecule has 0 aliphatic heterocycles. The van der Waals surface area contributed by atoms with E-state index in [4.69, 9.17) is 0 Å². The molecule has 160 valence electrons. The van der Waals surface area contributed by atoms with Crippen molar-refractivity contribution in [2.45, 2.75) is 13.3 Å². The summed E-state index contributed by atoms with van der Waals surface area (Å²) < 4.78 is 2.94. The van der Waals surface area contributed by atoms with E-state index in [0.29, 0.717) is 29.1 Å². The zero-order valence-corrected chi connectivity index (χ0v) is 17.5. The van der Waals surface area contributed by atoms with Crippen LogP contribution in [0, 0.1) is 0 Å². The Morgan fingerprint density at radius 2 is 1.41 bits per heavy atom. The summed E-state index contributed by atoms with van der Waals surface area (Å²) in [5.74, 6) is -0.0274. The first-order chi connectivity index (χ1) is 15.6. The second kappa shape index (κ2) is 9.18. The van der Waals surface area contributed by atoms with Crippen molar-refractivity contribution < 1.29 is 10.2 Å². The van der Waals surface area contributed by atoms with Crippen molar-refractivity contribution in [3.05, 3.63) is 107 Å². The molecular formula is C25H22N4O3. The molecule has 0 atom stereocenters. The quantitative estimate of drug-likeness (QED) is 0.395. The Balaban J connectivity index is 1.86. The van der Waals surface area contributed by atoms with Gasteiger partial charge >= 0.3 is 0 Å². The minimum atomic E-state index is -0.356. The zero-order valence-electron chi connectivity index (χ0n) is 17.5. The van der Waals surface area contributed by atoms with Gasteiger partial charge in [-0.25, -0.2) is 9.36 Å². The van der Waals surface area contributed by atoms with E-state index >= 15 is 0 Å². The summed E-state index contributed by atoms with van der Waals surface area (Å²) in [7, 11) is 0. The summed E-state index contributed by atoms with van der Waals surface area (Å²) >= 11 is 0. The lowest BCUT2D eigenvalue weighted by atomic mass is 10.1. The van der Waals surface area contributed by atoms with Crippen LogP contribution in [-0.2, 0) is 0 Å². The Bertz CT molecular complexity index is 1320. The summed E-state index contributed by atoms with van der Waals surface area (Å²) in [5.41, 5.74) is 2.20. The molecule has 3 aromatic carbocycles. The third kappa shape index (κ3) is 4.09. The van der Waals surface area contributed by atoms with Gasteiger partial charge in [0.05, 0.1) is 23.3 Å². The molecule has 1 aromatic heterocycles. The number of benzene rings is 3. The summed E-state index contributed by atoms with van der Waals surface area (Å²) in [5, 5.41) is 28.7. The Hall–Kier alpha value is -4.39. The van der Waals surface area contributed by atoms with E-state index in [1.54, 1.807) is 12.1 Å². The number of azo groups is 1. The minimum absolute atomic E-state index is 0.141. The van der Waals surface area contributed by atoms with Gasteiger partial charge in [-0.05, 0) is 60.5 Å². The molecule has 0 fully saturated rings. The zero-order chi connectivity index (χ0) is 22.5. The lowest BCUT2D eigenvalue weighted by molar-refractivity contribution is 0.424. The SMILES string of the molecule is CC/C(=C\N=Nc1ccc(O)cc1)c1c(O)n(-c2ccccc2)n(-c2ccccc2)c1=O. The lowest BCUT2D eigenvalue weighted by Crippen LogP contribution is -2.21. The highest BCUT2D eigenvalue weighted by atomic mass is 16.3. The number of phenolic OH excluding ortho intramolecular Hbond substituents is 1. The third-order valence-corrected chi connectivity index (χ3v) is 4.97. The van der Waals surface area contributed by atoms with Crippen LogP contribution in [0.1, 0.15) is 18.9 Å². The predicted octanol–water partition coefficient (Wildman–Crippen LogP) is 5.57. The average Bonchev–Trinajstić information content (AvgIpc) is 3.09. The fourth-order valence-electron chi connectivity index (χ4n) is 3.40. The molecule has 4 rings (SSSR count). The van der Waals surface area contributed by atoms with Crippen LogP contribution in [0.15, 0.2) is 106 Å². The molecule has 4 aromatic rings. The molecule has 0 aliphatic rings. The first-order valence-electron chi connectivity index (χ1n) is 10.2.